The summed E-state index contributed by atoms with van der Waals surface area (Å²) in [7, 11) is 3.39. The Morgan fingerprint density at radius 3 is 2.82 bits per heavy atom. The maximum atomic E-state index is 5.49. The van der Waals surface area contributed by atoms with Crippen molar-refractivity contribution in [2.75, 3.05) is 44.5 Å². The zero-order valence-electron chi connectivity index (χ0n) is 16.7. The lowest BCUT2D eigenvalue weighted by molar-refractivity contribution is 0.186. The highest BCUT2D eigenvalue weighted by Crippen LogP contribution is 2.50. The third-order valence-corrected chi connectivity index (χ3v) is 7.57. The van der Waals surface area contributed by atoms with Crippen LogP contribution < -0.4 is 14.4 Å². The SMILES string of the molecule is COc1ccc(CN2CC[C@@H]3[C@H](C2)c2cccc4c2N3CCCS4)cc1OC. The molecule has 0 spiro atoms. The van der Waals surface area contributed by atoms with Gasteiger partial charge in [-0.2, -0.15) is 0 Å². The molecule has 3 aliphatic rings. The minimum atomic E-state index is 0.627. The van der Waals surface area contributed by atoms with E-state index in [4.69, 9.17) is 9.47 Å². The van der Waals surface area contributed by atoms with E-state index in [9.17, 15) is 0 Å². The lowest BCUT2D eigenvalue weighted by atomic mass is 9.89. The Morgan fingerprint density at radius 2 is 1.96 bits per heavy atom. The van der Waals surface area contributed by atoms with Gasteiger partial charge in [0.15, 0.2) is 11.5 Å². The van der Waals surface area contributed by atoms with E-state index in [1.54, 1.807) is 25.5 Å². The first-order valence-electron chi connectivity index (χ1n) is 10.2. The van der Waals surface area contributed by atoms with E-state index in [-0.39, 0.29) is 0 Å². The normalized spacial score (nSPS) is 23.7. The number of likely N-dealkylation sites (tertiary alicyclic amines) is 1. The summed E-state index contributed by atoms with van der Waals surface area (Å²) in [5.74, 6) is 3.49. The maximum Gasteiger partial charge on any atom is 0.161 e. The van der Waals surface area contributed by atoms with Crippen LogP contribution >= 0.6 is 11.8 Å². The summed E-state index contributed by atoms with van der Waals surface area (Å²) >= 11 is 2.04. The molecule has 148 valence electrons. The third-order valence-electron chi connectivity index (χ3n) is 6.43. The van der Waals surface area contributed by atoms with Gasteiger partial charge in [0, 0.05) is 43.0 Å². The van der Waals surface area contributed by atoms with Crippen molar-refractivity contribution >= 4 is 17.4 Å². The summed E-state index contributed by atoms with van der Waals surface area (Å²) in [4.78, 5) is 6.85. The Bertz CT molecular complexity index is 872. The van der Waals surface area contributed by atoms with Gasteiger partial charge >= 0.3 is 0 Å². The van der Waals surface area contributed by atoms with Crippen molar-refractivity contribution in [3.8, 4) is 11.5 Å². The van der Waals surface area contributed by atoms with Crippen LogP contribution in [0.2, 0.25) is 0 Å². The number of methoxy groups -OCH3 is 2. The average Bonchev–Trinajstić information content (AvgIpc) is 2.89. The minimum Gasteiger partial charge on any atom is -0.493 e. The Kier molecular flexibility index (Phi) is 4.89. The number of benzene rings is 2. The Morgan fingerprint density at radius 1 is 1.07 bits per heavy atom. The Labute approximate surface area is 171 Å². The first kappa shape index (κ1) is 18.2. The van der Waals surface area contributed by atoms with Gasteiger partial charge in [-0.25, -0.2) is 0 Å². The molecule has 1 fully saturated rings. The van der Waals surface area contributed by atoms with E-state index in [0.29, 0.717) is 12.0 Å². The van der Waals surface area contributed by atoms with Crippen molar-refractivity contribution in [3.05, 3.63) is 47.5 Å². The molecule has 1 saturated heterocycles. The summed E-state index contributed by atoms with van der Waals surface area (Å²) in [6.45, 7) is 4.47. The van der Waals surface area contributed by atoms with Gasteiger partial charge in [-0.15, -0.1) is 11.8 Å². The Balaban J connectivity index is 1.38. The van der Waals surface area contributed by atoms with Gasteiger partial charge in [-0.05, 0) is 47.9 Å². The van der Waals surface area contributed by atoms with Crippen LogP contribution in [0.25, 0.3) is 0 Å². The van der Waals surface area contributed by atoms with Crippen LogP contribution in [0.4, 0.5) is 5.69 Å². The van der Waals surface area contributed by atoms with Crippen LogP contribution in [0.3, 0.4) is 0 Å². The molecule has 3 aliphatic heterocycles. The van der Waals surface area contributed by atoms with Gasteiger partial charge in [0.05, 0.1) is 19.9 Å². The highest BCUT2D eigenvalue weighted by Gasteiger charge is 2.43. The number of ether oxygens (including phenoxy) is 2. The van der Waals surface area contributed by atoms with Crippen LogP contribution in [0, 0.1) is 0 Å². The smallest absolute Gasteiger partial charge is 0.161 e. The summed E-state index contributed by atoms with van der Waals surface area (Å²) in [5.41, 5.74) is 4.42. The molecule has 3 heterocycles. The number of para-hydroxylation sites is 1. The van der Waals surface area contributed by atoms with Crippen molar-refractivity contribution in [1.82, 2.24) is 4.90 Å². The van der Waals surface area contributed by atoms with Crippen molar-refractivity contribution in [2.24, 2.45) is 0 Å². The fourth-order valence-corrected chi connectivity index (χ4v) is 6.23. The second-order valence-electron chi connectivity index (χ2n) is 7.98. The number of anilines is 1. The lowest BCUT2D eigenvalue weighted by Gasteiger charge is -2.39. The van der Waals surface area contributed by atoms with E-state index in [1.165, 1.54) is 35.6 Å². The van der Waals surface area contributed by atoms with Crippen molar-refractivity contribution in [2.45, 2.75) is 36.2 Å². The predicted molar refractivity (Wildman–Crippen MR) is 115 cm³/mol. The number of hydrogen-bond donors (Lipinski definition) is 0. The molecule has 0 saturated carbocycles. The highest BCUT2D eigenvalue weighted by molar-refractivity contribution is 7.99. The topological polar surface area (TPSA) is 24.9 Å². The van der Waals surface area contributed by atoms with Gasteiger partial charge in [0.2, 0.25) is 0 Å². The molecule has 4 nitrogen and oxygen atoms in total. The molecule has 28 heavy (non-hydrogen) atoms. The van der Waals surface area contributed by atoms with Crippen LogP contribution in [-0.4, -0.2) is 50.5 Å². The molecular weight excluding hydrogens is 368 g/mol. The van der Waals surface area contributed by atoms with Gasteiger partial charge in [-0.3, -0.25) is 4.90 Å². The fraction of sp³-hybridized carbons (Fsp3) is 0.478. The van der Waals surface area contributed by atoms with E-state index < -0.39 is 0 Å². The second-order valence-corrected chi connectivity index (χ2v) is 9.11. The van der Waals surface area contributed by atoms with Crippen LogP contribution in [0.5, 0.6) is 11.5 Å². The highest BCUT2D eigenvalue weighted by atomic mass is 32.2. The molecule has 5 heteroatoms. The monoisotopic (exact) mass is 396 g/mol. The second kappa shape index (κ2) is 7.53. The quantitative estimate of drug-likeness (QED) is 0.764. The first-order chi connectivity index (χ1) is 13.8. The molecule has 0 bridgehead atoms. The van der Waals surface area contributed by atoms with Crippen LogP contribution in [-0.2, 0) is 6.54 Å². The largest absolute Gasteiger partial charge is 0.493 e. The van der Waals surface area contributed by atoms with E-state index >= 15 is 0 Å². The Hall–Kier alpha value is -1.85. The molecule has 0 unspecified atom stereocenters. The van der Waals surface area contributed by atoms with Gasteiger partial charge in [0.1, 0.15) is 0 Å². The summed E-state index contributed by atoms with van der Waals surface area (Å²) < 4.78 is 10.9. The van der Waals surface area contributed by atoms with Gasteiger partial charge < -0.3 is 14.4 Å². The molecule has 0 radical (unpaired) electrons. The predicted octanol–water partition coefficient (Wildman–Crippen LogP) is 4.38. The van der Waals surface area contributed by atoms with Crippen LogP contribution in [0.15, 0.2) is 41.3 Å². The van der Waals surface area contributed by atoms with Crippen molar-refractivity contribution in [3.63, 3.8) is 0 Å². The van der Waals surface area contributed by atoms with Crippen LogP contribution in [0.1, 0.15) is 29.9 Å². The molecule has 0 aliphatic carbocycles. The number of nitrogens with zero attached hydrogens (tertiary/aromatic N) is 2. The number of hydrogen-bond acceptors (Lipinski definition) is 5. The number of piperidine rings is 1. The summed E-state index contributed by atoms with van der Waals surface area (Å²) in [6, 6.07) is 13.9. The zero-order chi connectivity index (χ0) is 19.1. The standard InChI is InChI=1S/C23H28N2O2S/c1-26-20-8-7-16(13-21(20)27-2)14-24-11-9-19-18(15-24)17-5-3-6-22-23(17)25(19)10-4-12-28-22/h3,5-8,13,18-19H,4,9-12,14-15H2,1-2H3/t18-,19-/m1/s1. The molecule has 0 N–H and O–H groups in total. The number of fused-ring (bicyclic) bond motifs is 3. The summed E-state index contributed by atoms with van der Waals surface area (Å²) in [5, 5.41) is 0. The molecular formula is C23H28N2O2S. The van der Waals surface area contributed by atoms with E-state index in [0.717, 1.165) is 31.1 Å². The van der Waals surface area contributed by atoms with Crippen molar-refractivity contribution < 1.29 is 9.47 Å². The maximum absolute atomic E-state index is 5.49. The zero-order valence-corrected chi connectivity index (χ0v) is 17.5. The summed E-state index contributed by atoms with van der Waals surface area (Å²) in [6.07, 6.45) is 2.54. The molecule has 2 aromatic carbocycles. The van der Waals surface area contributed by atoms with E-state index in [2.05, 4.69) is 40.1 Å². The van der Waals surface area contributed by atoms with Gasteiger partial charge in [0.25, 0.3) is 0 Å². The third kappa shape index (κ3) is 3.05. The number of rotatable bonds is 4. The minimum absolute atomic E-state index is 0.627. The molecule has 2 atom stereocenters. The molecule has 0 aromatic heterocycles. The van der Waals surface area contributed by atoms with E-state index in [1.807, 2.05) is 17.8 Å². The fourth-order valence-electron chi connectivity index (χ4n) is 5.19. The molecule has 2 aromatic rings. The average molecular weight is 397 g/mol. The molecule has 5 rings (SSSR count). The van der Waals surface area contributed by atoms with Crippen molar-refractivity contribution in [1.29, 1.82) is 0 Å². The molecule has 0 amide bonds. The van der Waals surface area contributed by atoms with Gasteiger partial charge in [-0.1, -0.05) is 18.2 Å². The number of thioether (sulfide) groups is 1. The lowest BCUT2D eigenvalue weighted by Crippen LogP contribution is -2.46. The first-order valence-corrected chi connectivity index (χ1v) is 11.2.